The normalized spacial score (nSPS) is 11.3. The molecule has 0 saturated carbocycles. The Labute approximate surface area is 37.7 Å². The third-order valence-electron chi connectivity index (χ3n) is 0.594. The number of rotatable bonds is 1. The highest BCUT2D eigenvalue weighted by molar-refractivity contribution is 5.72. The molecule has 33 valence electrons. The minimum atomic E-state index is 0.662. The van der Waals surface area contributed by atoms with Gasteiger partial charge in [-0.3, -0.25) is 4.79 Å². The van der Waals surface area contributed by atoms with Gasteiger partial charge in [0.15, 0.2) is 0 Å². The van der Waals surface area contributed by atoms with Gasteiger partial charge >= 0.3 is 0 Å². The third kappa shape index (κ3) is 1.70. The van der Waals surface area contributed by atoms with E-state index in [-0.39, 0.29) is 0 Å². The van der Waals surface area contributed by atoms with Crippen LogP contribution in [0.2, 0.25) is 0 Å². The summed E-state index contributed by atoms with van der Waals surface area (Å²) in [5, 5.41) is 0. The van der Waals surface area contributed by atoms with Gasteiger partial charge in [0.1, 0.15) is 0 Å². The molecule has 0 heterocycles. The molecular formula is C5H7O. The van der Waals surface area contributed by atoms with E-state index < -0.39 is 0 Å². The molecule has 0 bridgehead atoms. The zero-order chi connectivity index (χ0) is 4.99. The van der Waals surface area contributed by atoms with Crippen LogP contribution in [0.15, 0.2) is 11.6 Å². The van der Waals surface area contributed by atoms with E-state index in [9.17, 15) is 4.79 Å². The van der Waals surface area contributed by atoms with Crippen molar-refractivity contribution < 1.29 is 4.79 Å². The van der Waals surface area contributed by atoms with Crippen LogP contribution in [0, 0.1) is 0 Å². The lowest BCUT2D eigenvalue weighted by atomic mass is 10.3. The van der Waals surface area contributed by atoms with Gasteiger partial charge in [-0.15, -0.1) is 0 Å². The minimum Gasteiger partial charge on any atom is -0.285 e. The Kier molecular flexibility index (Phi) is 2.38. The largest absolute Gasteiger partial charge is 0.285 e. The standard InChI is InChI=1S/C5H7O/c1-3-5(2)4-6/h3H,1-2H3/b5-3-. The van der Waals surface area contributed by atoms with Crippen LogP contribution in [0.1, 0.15) is 13.8 Å². The van der Waals surface area contributed by atoms with E-state index in [1.165, 1.54) is 0 Å². The van der Waals surface area contributed by atoms with E-state index in [0.717, 1.165) is 0 Å². The van der Waals surface area contributed by atoms with Gasteiger partial charge in [-0.25, -0.2) is 0 Å². The van der Waals surface area contributed by atoms with E-state index in [2.05, 4.69) is 0 Å². The molecule has 0 atom stereocenters. The Bertz CT molecular complexity index is 72.0. The molecule has 1 nitrogen and oxygen atoms in total. The second-order valence-corrected chi connectivity index (χ2v) is 1.07. The SMILES string of the molecule is C/C=C(/C)[C]=O. The first-order valence-corrected chi connectivity index (χ1v) is 1.82. The summed E-state index contributed by atoms with van der Waals surface area (Å²) >= 11 is 0. The van der Waals surface area contributed by atoms with E-state index in [1.54, 1.807) is 26.2 Å². The maximum atomic E-state index is 9.54. The first-order valence-electron chi connectivity index (χ1n) is 1.82. The number of carbonyl (C=O) groups excluding carboxylic acids is 1. The van der Waals surface area contributed by atoms with Crippen molar-refractivity contribution in [3.63, 3.8) is 0 Å². The van der Waals surface area contributed by atoms with Gasteiger partial charge in [0.25, 0.3) is 0 Å². The summed E-state index contributed by atoms with van der Waals surface area (Å²) in [6.45, 7) is 3.52. The van der Waals surface area contributed by atoms with Crippen molar-refractivity contribution in [3.05, 3.63) is 11.6 Å². The Morgan fingerprint density at radius 2 is 2.33 bits per heavy atom. The van der Waals surface area contributed by atoms with Gasteiger partial charge in [0, 0.05) is 0 Å². The quantitative estimate of drug-likeness (QED) is 0.433. The van der Waals surface area contributed by atoms with Crippen LogP contribution in [0.5, 0.6) is 0 Å². The molecule has 0 aliphatic carbocycles. The molecule has 0 N–H and O–H groups in total. The van der Waals surface area contributed by atoms with Gasteiger partial charge < -0.3 is 0 Å². The molecule has 0 saturated heterocycles. The fraction of sp³-hybridized carbons (Fsp3) is 0.400. The highest BCUT2D eigenvalue weighted by Crippen LogP contribution is 1.80. The number of allylic oxidation sites excluding steroid dienone is 2. The van der Waals surface area contributed by atoms with E-state index in [0.29, 0.717) is 5.57 Å². The molecule has 0 aromatic carbocycles. The fourth-order valence-corrected chi connectivity index (χ4v) is 0.0589. The maximum absolute atomic E-state index is 9.54. The van der Waals surface area contributed by atoms with Gasteiger partial charge in [-0.1, -0.05) is 6.08 Å². The molecule has 0 unspecified atom stereocenters. The Morgan fingerprint density at radius 1 is 1.83 bits per heavy atom. The molecule has 0 spiro atoms. The topological polar surface area (TPSA) is 17.1 Å². The van der Waals surface area contributed by atoms with Crippen molar-refractivity contribution in [1.29, 1.82) is 0 Å². The summed E-state index contributed by atoms with van der Waals surface area (Å²) in [6.07, 6.45) is 3.44. The molecule has 0 rings (SSSR count). The highest BCUT2D eigenvalue weighted by atomic mass is 16.1. The summed E-state index contributed by atoms with van der Waals surface area (Å²) < 4.78 is 0. The summed E-state index contributed by atoms with van der Waals surface area (Å²) in [5.41, 5.74) is 0.662. The average Bonchev–Trinajstić information content (AvgIpc) is 1.65. The zero-order valence-electron chi connectivity index (χ0n) is 3.99. The summed E-state index contributed by atoms with van der Waals surface area (Å²) in [6, 6.07) is 0. The molecule has 1 heteroatoms. The Hall–Kier alpha value is -0.590. The van der Waals surface area contributed by atoms with Crippen LogP contribution < -0.4 is 0 Å². The zero-order valence-corrected chi connectivity index (χ0v) is 3.99. The van der Waals surface area contributed by atoms with Crippen molar-refractivity contribution >= 4 is 6.29 Å². The third-order valence-corrected chi connectivity index (χ3v) is 0.594. The van der Waals surface area contributed by atoms with Crippen LogP contribution in [-0.4, -0.2) is 6.29 Å². The molecule has 0 aliphatic heterocycles. The molecule has 0 aromatic rings. The van der Waals surface area contributed by atoms with E-state index in [4.69, 9.17) is 0 Å². The Morgan fingerprint density at radius 3 is 2.33 bits per heavy atom. The second kappa shape index (κ2) is 2.64. The maximum Gasteiger partial charge on any atom is 0.228 e. The predicted octanol–water partition coefficient (Wildman–Crippen LogP) is 1.06. The van der Waals surface area contributed by atoms with Gasteiger partial charge in [-0.2, -0.15) is 0 Å². The average molecular weight is 83.1 g/mol. The lowest BCUT2D eigenvalue weighted by Gasteiger charge is -1.71. The molecule has 0 fully saturated rings. The fourth-order valence-electron chi connectivity index (χ4n) is 0.0589. The van der Waals surface area contributed by atoms with Crippen molar-refractivity contribution in [1.82, 2.24) is 0 Å². The monoisotopic (exact) mass is 83.0 g/mol. The van der Waals surface area contributed by atoms with Crippen molar-refractivity contribution in [2.75, 3.05) is 0 Å². The van der Waals surface area contributed by atoms with Crippen LogP contribution >= 0.6 is 0 Å². The highest BCUT2D eigenvalue weighted by Gasteiger charge is 1.74. The molecule has 0 amide bonds. The lowest BCUT2D eigenvalue weighted by molar-refractivity contribution is 0.561. The second-order valence-electron chi connectivity index (χ2n) is 1.07. The summed E-state index contributed by atoms with van der Waals surface area (Å²) in [5.74, 6) is 0. The van der Waals surface area contributed by atoms with Crippen LogP contribution in [0.25, 0.3) is 0 Å². The van der Waals surface area contributed by atoms with E-state index >= 15 is 0 Å². The van der Waals surface area contributed by atoms with Crippen LogP contribution in [-0.2, 0) is 4.79 Å². The van der Waals surface area contributed by atoms with Crippen LogP contribution in [0.4, 0.5) is 0 Å². The van der Waals surface area contributed by atoms with E-state index in [1.807, 2.05) is 0 Å². The predicted molar refractivity (Wildman–Crippen MR) is 25.1 cm³/mol. The van der Waals surface area contributed by atoms with Gasteiger partial charge in [-0.05, 0) is 19.4 Å². The van der Waals surface area contributed by atoms with Crippen molar-refractivity contribution in [2.45, 2.75) is 13.8 Å². The van der Waals surface area contributed by atoms with Gasteiger partial charge in [0.05, 0.1) is 0 Å². The molecule has 1 radical (unpaired) electrons. The van der Waals surface area contributed by atoms with Crippen molar-refractivity contribution in [3.8, 4) is 0 Å². The Balaban J connectivity index is 3.50. The molecule has 0 aliphatic rings. The van der Waals surface area contributed by atoms with Crippen LogP contribution in [0.3, 0.4) is 0 Å². The molecular weight excluding hydrogens is 76.1 g/mol. The van der Waals surface area contributed by atoms with Crippen molar-refractivity contribution in [2.24, 2.45) is 0 Å². The van der Waals surface area contributed by atoms with Gasteiger partial charge in [0.2, 0.25) is 6.29 Å². The summed E-state index contributed by atoms with van der Waals surface area (Å²) in [7, 11) is 0. The summed E-state index contributed by atoms with van der Waals surface area (Å²) in [4.78, 5) is 9.54. The first-order chi connectivity index (χ1) is 2.81. The lowest BCUT2D eigenvalue weighted by Crippen LogP contribution is -1.69. The smallest absolute Gasteiger partial charge is 0.228 e. The minimum absolute atomic E-state index is 0.662. The first kappa shape index (κ1) is 5.41. The number of hydrogen-bond donors (Lipinski definition) is 0. The number of hydrogen-bond acceptors (Lipinski definition) is 1. The molecule has 6 heavy (non-hydrogen) atoms. The molecule has 0 aromatic heterocycles.